The maximum atomic E-state index is 10.6. The van der Waals surface area contributed by atoms with Gasteiger partial charge in [0.15, 0.2) is 0 Å². The van der Waals surface area contributed by atoms with E-state index in [-0.39, 0.29) is 5.69 Å². The lowest BCUT2D eigenvalue weighted by Crippen LogP contribution is -2.24. The Morgan fingerprint density at radius 3 is 2.71 bits per heavy atom. The van der Waals surface area contributed by atoms with Gasteiger partial charge >= 0.3 is 0 Å². The summed E-state index contributed by atoms with van der Waals surface area (Å²) >= 11 is 7.98. The molecule has 1 aromatic carbocycles. The highest BCUT2D eigenvalue weighted by Gasteiger charge is 2.16. The number of halogens is 1. The SMILES string of the molecule is O=[N+]([O-])c1ccc(NC2CCSCC2)c(Cl)c1. The molecule has 0 aromatic heterocycles. The van der Waals surface area contributed by atoms with Gasteiger partial charge in [-0.25, -0.2) is 0 Å². The minimum absolute atomic E-state index is 0.0275. The molecule has 1 heterocycles. The molecule has 2 rings (SSSR count). The van der Waals surface area contributed by atoms with Gasteiger partial charge in [0.05, 0.1) is 15.6 Å². The Balaban J connectivity index is 2.08. The van der Waals surface area contributed by atoms with Crippen molar-refractivity contribution in [2.24, 2.45) is 0 Å². The molecule has 6 heteroatoms. The van der Waals surface area contributed by atoms with Gasteiger partial charge in [-0.15, -0.1) is 0 Å². The number of rotatable bonds is 3. The molecule has 4 nitrogen and oxygen atoms in total. The van der Waals surface area contributed by atoms with Crippen LogP contribution >= 0.6 is 23.4 Å². The van der Waals surface area contributed by atoms with Crippen molar-refractivity contribution in [2.75, 3.05) is 16.8 Å². The van der Waals surface area contributed by atoms with Crippen LogP contribution in [0.5, 0.6) is 0 Å². The molecule has 0 amide bonds. The molecule has 0 atom stereocenters. The van der Waals surface area contributed by atoms with Crippen molar-refractivity contribution in [3.63, 3.8) is 0 Å². The fourth-order valence-corrected chi connectivity index (χ4v) is 3.13. The van der Waals surface area contributed by atoms with Crippen LogP contribution in [0.4, 0.5) is 11.4 Å². The largest absolute Gasteiger partial charge is 0.381 e. The number of nitro benzene ring substituents is 1. The van der Waals surface area contributed by atoms with Crippen molar-refractivity contribution in [3.05, 3.63) is 33.3 Å². The average molecular weight is 273 g/mol. The van der Waals surface area contributed by atoms with E-state index in [1.165, 1.54) is 12.1 Å². The number of non-ortho nitro benzene ring substituents is 1. The van der Waals surface area contributed by atoms with Crippen LogP contribution in [0.15, 0.2) is 18.2 Å². The Hall–Kier alpha value is -0.940. The van der Waals surface area contributed by atoms with E-state index in [2.05, 4.69) is 5.32 Å². The second-order valence-corrected chi connectivity index (χ2v) is 5.58. The van der Waals surface area contributed by atoms with Gasteiger partial charge < -0.3 is 5.32 Å². The van der Waals surface area contributed by atoms with Crippen molar-refractivity contribution >= 4 is 34.7 Å². The predicted molar refractivity (Wildman–Crippen MR) is 72.1 cm³/mol. The molecular formula is C11H13ClN2O2S. The van der Waals surface area contributed by atoms with Crippen LogP contribution in [0, 0.1) is 10.1 Å². The summed E-state index contributed by atoms with van der Waals surface area (Å²) in [6, 6.07) is 4.98. The summed E-state index contributed by atoms with van der Waals surface area (Å²) in [5.74, 6) is 2.31. The summed E-state index contributed by atoms with van der Waals surface area (Å²) in [4.78, 5) is 10.1. The van der Waals surface area contributed by atoms with E-state index in [9.17, 15) is 10.1 Å². The van der Waals surface area contributed by atoms with Gasteiger partial charge in [-0.05, 0) is 30.4 Å². The summed E-state index contributed by atoms with van der Waals surface area (Å²) < 4.78 is 0. The normalized spacial score (nSPS) is 16.8. The average Bonchev–Trinajstić information content (AvgIpc) is 2.33. The summed E-state index contributed by atoms with van der Waals surface area (Å²) in [5.41, 5.74) is 0.814. The number of nitrogens with one attached hydrogen (secondary N) is 1. The maximum Gasteiger partial charge on any atom is 0.271 e. The highest BCUT2D eigenvalue weighted by Crippen LogP contribution is 2.29. The number of thioether (sulfide) groups is 1. The molecule has 1 aliphatic rings. The topological polar surface area (TPSA) is 55.2 Å². The Morgan fingerprint density at radius 1 is 1.41 bits per heavy atom. The van der Waals surface area contributed by atoms with E-state index in [4.69, 9.17) is 11.6 Å². The van der Waals surface area contributed by atoms with Crippen LogP contribution in [0.3, 0.4) is 0 Å². The van der Waals surface area contributed by atoms with Crippen LogP contribution in [0.2, 0.25) is 5.02 Å². The minimum atomic E-state index is -0.438. The first kappa shape index (κ1) is 12.5. The van der Waals surface area contributed by atoms with Gasteiger partial charge in [0.2, 0.25) is 0 Å². The molecule has 0 radical (unpaired) electrons. The van der Waals surface area contributed by atoms with E-state index >= 15 is 0 Å². The van der Waals surface area contributed by atoms with Gasteiger partial charge in [0.1, 0.15) is 0 Å². The standard InChI is InChI=1S/C11H13ClN2O2S/c12-10-7-9(14(15)16)1-2-11(10)13-8-3-5-17-6-4-8/h1-2,7-8,13H,3-6H2. The van der Waals surface area contributed by atoms with Gasteiger partial charge in [-0.2, -0.15) is 11.8 Å². The third kappa shape index (κ3) is 3.26. The van der Waals surface area contributed by atoms with Crippen molar-refractivity contribution in [2.45, 2.75) is 18.9 Å². The molecule has 1 aromatic rings. The quantitative estimate of drug-likeness (QED) is 0.675. The van der Waals surface area contributed by atoms with Gasteiger partial charge in [0, 0.05) is 18.2 Å². The van der Waals surface area contributed by atoms with Gasteiger partial charge in [-0.1, -0.05) is 11.6 Å². The molecule has 0 aliphatic carbocycles. The number of hydrogen-bond acceptors (Lipinski definition) is 4. The molecule has 0 unspecified atom stereocenters. The zero-order valence-corrected chi connectivity index (χ0v) is 10.8. The van der Waals surface area contributed by atoms with E-state index in [1.54, 1.807) is 6.07 Å². The van der Waals surface area contributed by atoms with Crippen LogP contribution in [0.1, 0.15) is 12.8 Å². The lowest BCUT2D eigenvalue weighted by Gasteiger charge is -2.24. The number of nitro groups is 1. The van der Waals surface area contributed by atoms with E-state index < -0.39 is 4.92 Å². The molecular weight excluding hydrogens is 260 g/mol. The van der Waals surface area contributed by atoms with E-state index in [1.807, 2.05) is 11.8 Å². The van der Waals surface area contributed by atoms with Crippen molar-refractivity contribution < 1.29 is 4.92 Å². The first-order valence-corrected chi connectivity index (χ1v) is 6.98. The minimum Gasteiger partial charge on any atom is -0.381 e. The van der Waals surface area contributed by atoms with Gasteiger partial charge in [-0.3, -0.25) is 10.1 Å². The lowest BCUT2D eigenvalue weighted by molar-refractivity contribution is -0.384. The third-order valence-electron chi connectivity index (χ3n) is 2.74. The Labute approximate surface area is 109 Å². The highest BCUT2D eigenvalue weighted by molar-refractivity contribution is 7.99. The van der Waals surface area contributed by atoms with Crippen LogP contribution in [0.25, 0.3) is 0 Å². The smallest absolute Gasteiger partial charge is 0.271 e. The Morgan fingerprint density at radius 2 is 2.12 bits per heavy atom. The molecule has 0 spiro atoms. The zero-order chi connectivity index (χ0) is 12.3. The number of nitrogens with zero attached hydrogens (tertiary/aromatic N) is 1. The summed E-state index contributed by atoms with van der Waals surface area (Å²) in [5, 5.41) is 14.3. The van der Waals surface area contributed by atoms with Crippen molar-refractivity contribution in [1.82, 2.24) is 0 Å². The molecule has 1 N–H and O–H groups in total. The Kier molecular flexibility index (Phi) is 4.12. The Bertz CT molecular complexity index is 422. The molecule has 1 aliphatic heterocycles. The number of benzene rings is 1. The second-order valence-electron chi connectivity index (χ2n) is 3.95. The summed E-state index contributed by atoms with van der Waals surface area (Å²) in [6.07, 6.45) is 2.22. The van der Waals surface area contributed by atoms with E-state index in [0.29, 0.717) is 11.1 Å². The van der Waals surface area contributed by atoms with Gasteiger partial charge in [0.25, 0.3) is 5.69 Å². The first-order chi connectivity index (χ1) is 8.16. The zero-order valence-electron chi connectivity index (χ0n) is 9.19. The van der Waals surface area contributed by atoms with Crippen LogP contribution in [-0.4, -0.2) is 22.5 Å². The molecule has 0 bridgehead atoms. The highest BCUT2D eigenvalue weighted by atomic mass is 35.5. The fourth-order valence-electron chi connectivity index (χ4n) is 1.80. The van der Waals surface area contributed by atoms with Crippen molar-refractivity contribution in [3.8, 4) is 0 Å². The number of anilines is 1. The molecule has 1 fully saturated rings. The molecule has 92 valence electrons. The summed E-state index contributed by atoms with van der Waals surface area (Å²) in [7, 11) is 0. The fraction of sp³-hybridized carbons (Fsp3) is 0.455. The van der Waals surface area contributed by atoms with Crippen molar-refractivity contribution in [1.29, 1.82) is 0 Å². The van der Waals surface area contributed by atoms with Crippen LogP contribution in [-0.2, 0) is 0 Å². The molecule has 17 heavy (non-hydrogen) atoms. The maximum absolute atomic E-state index is 10.6. The summed E-state index contributed by atoms with van der Waals surface area (Å²) in [6.45, 7) is 0. The molecule has 0 saturated carbocycles. The molecule has 1 saturated heterocycles. The predicted octanol–water partition coefficient (Wildman–Crippen LogP) is 3.56. The monoisotopic (exact) mass is 272 g/mol. The third-order valence-corrected chi connectivity index (χ3v) is 4.11. The number of hydrogen-bond donors (Lipinski definition) is 1. The first-order valence-electron chi connectivity index (χ1n) is 5.45. The van der Waals surface area contributed by atoms with E-state index in [0.717, 1.165) is 30.0 Å². The van der Waals surface area contributed by atoms with Crippen LogP contribution < -0.4 is 5.32 Å². The lowest BCUT2D eigenvalue weighted by atomic mass is 10.1. The second kappa shape index (κ2) is 5.60.